The molecule has 1 heterocycles. The molecule has 0 aliphatic carbocycles. The highest BCUT2D eigenvalue weighted by molar-refractivity contribution is 7.92. The fourth-order valence-corrected chi connectivity index (χ4v) is 4.13. The second-order valence-electron chi connectivity index (χ2n) is 6.60. The smallest absolute Gasteiger partial charge is 0.338 e. The molecule has 10 heteroatoms. The summed E-state index contributed by atoms with van der Waals surface area (Å²) in [6.45, 7) is 2.94. The van der Waals surface area contributed by atoms with E-state index in [2.05, 4.69) is 10.0 Å². The summed E-state index contributed by atoms with van der Waals surface area (Å²) in [5, 5.41) is 2.78. The van der Waals surface area contributed by atoms with Crippen LogP contribution in [-0.4, -0.2) is 27.5 Å². The third-order valence-electron chi connectivity index (χ3n) is 4.49. The molecule has 2 amide bonds. The molecule has 0 unspecified atom stereocenters. The van der Waals surface area contributed by atoms with Crippen molar-refractivity contribution in [3.05, 3.63) is 53.6 Å². The third-order valence-corrected chi connectivity index (χ3v) is 5.87. The number of rotatable bonds is 5. The quantitative estimate of drug-likeness (QED) is 0.758. The zero-order valence-electron chi connectivity index (χ0n) is 15.6. The zero-order valence-corrected chi connectivity index (χ0v) is 16.4. The molecule has 1 aliphatic rings. The van der Waals surface area contributed by atoms with Crippen LogP contribution in [0, 0.1) is 0 Å². The van der Waals surface area contributed by atoms with E-state index in [1.54, 1.807) is 11.0 Å². The van der Waals surface area contributed by atoms with Crippen molar-refractivity contribution < 1.29 is 26.4 Å². The van der Waals surface area contributed by atoms with Crippen molar-refractivity contribution in [2.45, 2.75) is 30.8 Å². The van der Waals surface area contributed by atoms with Crippen molar-refractivity contribution in [3.8, 4) is 0 Å². The molecule has 0 atom stereocenters. The summed E-state index contributed by atoms with van der Waals surface area (Å²) in [6, 6.07) is 7.94. The van der Waals surface area contributed by atoms with Gasteiger partial charge in [0.1, 0.15) is 0 Å². The minimum absolute atomic E-state index is 0.0213. The summed E-state index contributed by atoms with van der Waals surface area (Å²) in [6.07, 6.45) is -3.18. The maximum atomic E-state index is 12.6. The molecule has 2 aromatic carbocycles. The number of sulfonamides is 1. The molecule has 6 nitrogen and oxygen atoms in total. The van der Waals surface area contributed by atoms with Gasteiger partial charge in [-0.05, 0) is 60.9 Å². The molecular formula is C19H20F3N3O3S. The Labute approximate surface area is 166 Å². The Morgan fingerprint density at radius 1 is 1.14 bits per heavy atom. The normalized spacial score (nSPS) is 13.9. The molecule has 29 heavy (non-hydrogen) atoms. The molecule has 2 aromatic rings. The Bertz CT molecular complexity index is 1010. The van der Waals surface area contributed by atoms with Crippen LogP contribution in [0.15, 0.2) is 47.4 Å². The van der Waals surface area contributed by atoms with Crippen LogP contribution in [0.5, 0.6) is 0 Å². The zero-order chi connectivity index (χ0) is 21.2. The van der Waals surface area contributed by atoms with Crippen LogP contribution >= 0.6 is 0 Å². The number of hydrogen-bond acceptors (Lipinski definition) is 3. The number of fused-ring (bicyclic) bond motifs is 1. The van der Waals surface area contributed by atoms with E-state index in [1.165, 1.54) is 12.1 Å². The van der Waals surface area contributed by atoms with Gasteiger partial charge in [-0.3, -0.25) is 9.62 Å². The third kappa shape index (κ3) is 4.64. The molecule has 1 aliphatic heterocycles. The van der Waals surface area contributed by atoms with E-state index in [0.717, 1.165) is 30.7 Å². The molecule has 0 spiro atoms. The standard InChI is InChI=1S/C19H20F3N3O3S/c1-2-10-23-18(26)25-11-9-13-12-16(7-8-17(13)25)29(27,28)24-15-5-3-14(4-6-15)19(20,21)22/h3-8,12,24H,2,9-11H2,1H3,(H,23,26). The first-order valence-corrected chi connectivity index (χ1v) is 10.5. The first-order valence-electron chi connectivity index (χ1n) is 9.00. The second-order valence-corrected chi connectivity index (χ2v) is 8.29. The van der Waals surface area contributed by atoms with Gasteiger partial charge in [-0.15, -0.1) is 0 Å². The molecule has 3 rings (SSSR count). The monoisotopic (exact) mass is 427 g/mol. The van der Waals surface area contributed by atoms with Gasteiger partial charge in [0.05, 0.1) is 10.5 Å². The average Bonchev–Trinajstić information content (AvgIpc) is 3.09. The SMILES string of the molecule is CCCNC(=O)N1CCc2cc(S(=O)(=O)Nc3ccc(C(F)(F)F)cc3)ccc21. The van der Waals surface area contributed by atoms with Gasteiger partial charge in [-0.1, -0.05) is 6.92 Å². The highest BCUT2D eigenvalue weighted by Gasteiger charge is 2.30. The van der Waals surface area contributed by atoms with E-state index in [-0.39, 0.29) is 16.6 Å². The summed E-state index contributed by atoms with van der Waals surface area (Å²) in [5.74, 6) is 0. The van der Waals surface area contributed by atoms with Crippen LogP contribution in [-0.2, 0) is 22.6 Å². The van der Waals surface area contributed by atoms with Crippen molar-refractivity contribution in [1.82, 2.24) is 5.32 Å². The van der Waals surface area contributed by atoms with Crippen molar-refractivity contribution >= 4 is 27.4 Å². The molecule has 2 N–H and O–H groups in total. The summed E-state index contributed by atoms with van der Waals surface area (Å²) in [7, 11) is -3.99. The topological polar surface area (TPSA) is 78.5 Å². The fraction of sp³-hybridized carbons (Fsp3) is 0.316. The number of alkyl halides is 3. The first kappa shape index (κ1) is 21.0. The van der Waals surface area contributed by atoms with Gasteiger partial charge in [-0.25, -0.2) is 13.2 Å². The maximum Gasteiger partial charge on any atom is 0.416 e. The molecule has 0 saturated heterocycles. The highest BCUT2D eigenvalue weighted by atomic mass is 32.2. The summed E-state index contributed by atoms with van der Waals surface area (Å²) in [5.41, 5.74) is 0.525. The summed E-state index contributed by atoms with van der Waals surface area (Å²) < 4.78 is 65.4. The number of nitrogens with one attached hydrogen (secondary N) is 2. The average molecular weight is 427 g/mol. The van der Waals surface area contributed by atoms with Gasteiger partial charge in [0.2, 0.25) is 0 Å². The number of benzene rings is 2. The number of halogens is 3. The number of urea groups is 1. The van der Waals surface area contributed by atoms with Crippen molar-refractivity contribution in [3.63, 3.8) is 0 Å². The van der Waals surface area contributed by atoms with E-state index in [9.17, 15) is 26.4 Å². The molecular weight excluding hydrogens is 407 g/mol. The van der Waals surface area contributed by atoms with Gasteiger partial charge in [0.25, 0.3) is 10.0 Å². The number of anilines is 2. The van der Waals surface area contributed by atoms with Crippen LogP contribution in [0.1, 0.15) is 24.5 Å². The van der Waals surface area contributed by atoms with Gasteiger partial charge in [-0.2, -0.15) is 13.2 Å². The minimum Gasteiger partial charge on any atom is -0.338 e. The van der Waals surface area contributed by atoms with E-state index in [0.29, 0.717) is 30.8 Å². The number of carbonyl (C=O) groups is 1. The molecule has 0 fully saturated rings. The number of hydrogen-bond donors (Lipinski definition) is 2. The lowest BCUT2D eigenvalue weighted by Crippen LogP contribution is -2.39. The number of carbonyl (C=O) groups excluding carboxylic acids is 1. The van der Waals surface area contributed by atoms with E-state index < -0.39 is 21.8 Å². The fourth-order valence-electron chi connectivity index (χ4n) is 3.02. The summed E-state index contributed by atoms with van der Waals surface area (Å²) >= 11 is 0. The summed E-state index contributed by atoms with van der Waals surface area (Å²) in [4.78, 5) is 13.7. The number of amides is 2. The van der Waals surface area contributed by atoms with Crippen molar-refractivity contribution in [2.75, 3.05) is 22.7 Å². The molecule has 0 aromatic heterocycles. The Hall–Kier alpha value is -2.75. The molecule has 0 radical (unpaired) electrons. The van der Waals surface area contributed by atoms with Crippen LogP contribution < -0.4 is 14.9 Å². The Morgan fingerprint density at radius 2 is 1.83 bits per heavy atom. The second kappa shape index (κ2) is 7.94. The molecule has 0 bridgehead atoms. The van der Waals surface area contributed by atoms with Crippen molar-refractivity contribution in [2.24, 2.45) is 0 Å². The van der Waals surface area contributed by atoms with Crippen LogP contribution in [0.2, 0.25) is 0 Å². The first-order chi connectivity index (χ1) is 13.6. The van der Waals surface area contributed by atoms with E-state index in [4.69, 9.17) is 0 Å². The molecule has 156 valence electrons. The predicted molar refractivity (Wildman–Crippen MR) is 103 cm³/mol. The Balaban J connectivity index is 1.78. The molecule has 0 saturated carbocycles. The largest absolute Gasteiger partial charge is 0.416 e. The lowest BCUT2D eigenvalue weighted by Gasteiger charge is -2.18. The Kier molecular flexibility index (Phi) is 5.74. The lowest BCUT2D eigenvalue weighted by atomic mass is 10.2. The van der Waals surface area contributed by atoms with Gasteiger partial charge >= 0.3 is 12.2 Å². The van der Waals surface area contributed by atoms with Gasteiger partial charge < -0.3 is 5.32 Å². The van der Waals surface area contributed by atoms with Crippen LogP contribution in [0.3, 0.4) is 0 Å². The Morgan fingerprint density at radius 3 is 2.45 bits per heavy atom. The lowest BCUT2D eigenvalue weighted by molar-refractivity contribution is -0.137. The van der Waals surface area contributed by atoms with Gasteiger partial charge in [0.15, 0.2) is 0 Å². The number of nitrogens with zero attached hydrogens (tertiary/aromatic N) is 1. The minimum atomic E-state index is -4.49. The predicted octanol–water partition coefficient (Wildman–Crippen LogP) is 3.99. The van der Waals surface area contributed by atoms with E-state index >= 15 is 0 Å². The van der Waals surface area contributed by atoms with Crippen LogP contribution in [0.4, 0.5) is 29.3 Å². The van der Waals surface area contributed by atoms with Crippen molar-refractivity contribution in [1.29, 1.82) is 0 Å². The maximum absolute atomic E-state index is 12.6. The van der Waals surface area contributed by atoms with E-state index in [1.807, 2.05) is 6.92 Å². The highest BCUT2D eigenvalue weighted by Crippen LogP contribution is 2.32. The van der Waals surface area contributed by atoms with Crippen LogP contribution in [0.25, 0.3) is 0 Å². The van der Waals surface area contributed by atoms with Gasteiger partial charge in [0, 0.05) is 24.5 Å².